The quantitative estimate of drug-likeness (QED) is 0.476. The monoisotopic (exact) mass is 280 g/mol. The molecule has 1 aromatic carbocycles. The number of carbonyl (C=O) groups is 2. The smallest absolute Gasteiger partial charge is 0.271 e. The van der Waals surface area contributed by atoms with Gasteiger partial charge in [0.1, 0.15) is 5.75 Å². The van der Waals surface area contributed by atoms with Crippen LogP contribution < -0.4 is 4.74 Å². The first kappa shape index (κ1) is 13.7. The number of hydrogen-bond acceptors (Lipinski definition) is 7. The van der Waals surface area contributed by atoms with Crippen molar-refractivity contribution in [3.05, 3.63) is 22.4 Å². The molecule has 0 heterocycles. The Labute approximate surface area is 113 Å². The van der Waals surface area contributed by atoms with Gasteiger partial charge in [0.25, 0.3) is 5.78 Å². The highest BCUT2D eigenvalue weighted by Gasteiger charge is 2.39. The number of ether oxygens (including phenoxy) is 1. The molecule has 0 fully saturated rings. The minimum atomic E-state index is -1.35. The van der Waals surface area contributed by atoms with Gasteiger partial charge in [-0.2, -0.15) is 0 Å². The van der Waals surface area contributed by atoms with Gasteiger partial charge in [0.05, 0.1) is 17.7 Å². The second-order valence-electron chi connectivity index (χ2n) is 4.19. The van der Waals surface area contributed by atoms with Gasteiger partial charge in [-0.1, -0.05) is 0 Å². The number of phenolic OH excluding ortho intramolecular Hbond substituents is 2. The molecule has 0 aromatic heterocycles. The predicted octanol–water partition coefficient (Wildman–Crippen LogP) is 1.35. The SMILES string of the molecule is CCOc1c(C)c(O)c2c(c1O)C(O)=C(O)C(=O)C2=O. The maximum Gasteiger partial charge on any atom is 0.271 e. The Morgan fingerprint density at radius 3 is 2.05 bits per heavy atom. The summed E-state index contributed by atoms with van der Waals surface area (Å²) in [5.74, 6) is -6.06. The Bertz CT molecular complexity index is 670. The minimum absolute atomic E-state index is 0.0541. The zero-order valence-corrected chi connectivity index (χ0v) is 10.7. The second-order valence-corrected chi connectivity index (χ2v) is 4.19. The summed E-state index contributed by atoms with van der Waals surface area (Å²) in [4.78, 5) is 23.2. The van der Waals surface area contributed by atoms with Gasteiger partial charge in [-0.25, -0.2) is 0 Å². The summed E-state index contributed by atoms with van der Waals surface area (Å²) < 4.78 is 5.14. The van der Waals surface area contributed by atoms with Gasteiger partial charge in [-0.3, -0.25) is 9.59 Å². The molecule has 0 spiro atoms. The maximum absolute atomic E-state index is 11.8. The van der Waals surface area contributed by atoms with E-state index < -0.39 is 45.7 Å². The van der Waals surface area contributed by atoms with Crippen LogP contribution in [0.15, 0.2) is 5.76 Å². The van der Waals surface area contributed by atoms with Crippen LogP contribution in [0.1, 0.15) is 28.4 Å². The molecule has 0 saturated heterocycles. The van der Waals surface area contributed by atoms with Crippen molar-refractivity contribution < 1.29 is 34.8 Å². The van der Waals surface area contributed by atoms with Gasteiger partial charge in [0.2, 0.25) is 11.5 Å². The molecule has 0 unspecified atom stereocenters. The van der Waals surface area contributed by atoms with Gasteiger partial charge in [0.15, 0.2) is 17.3 Å². The van der Waals surface area contributed by atoms with E-state index in [2.05, 4.69) is 0 Å². The first-order valence-electron chi connectivity index (χ1n) is 5.75. The summed E-state index contributed by atoms with van der Waals surface area (Å²) in [6.07, 6.45) is 0. The molecule has 0 amide bonds. The average molecular weight is 280 g/mol. The Hall–Kier alpha value is -2.70. The van der Waals surface area contributed by atoms with Crippen LogP contribution in [0.25, 0.3) is 5.76 Å². The number of phenols is 2. The fourth-order valence-corrected chi connectivity index (χ4v) is 2.04. The normalized spacial score (nSPS) is 14.5. The van der Waals surface area contributed by atoms with Gasteiger partial charge in [0, 0.05) is 5.56 Å². The van der Waals surface area contributed by atoms with Crippen LogP contribution in [-0.4, -0.2) is 38.6 Å². The van der Waals surface area contributed by atoms with Crippen LogP contribution in [0.3, 0.4) is 0 Å². The summed E-state index contributed by atoms with van der Waals surface area (Å²) in [6, 6.07) is 0. The molecule has 2 rings (SSSR count). The molecule has 0 aliphatic heterocycles. The van der Waals surface area contributed by atoms with Crippen molar-refractivity contribution in [2.24, 2.45) is 0 Å². The van der Waals surface area contributed by atoms with E-state index in [4.69, 9.17) is 4.74 Å². The Kier molecular flexibility index (Phi) is 3.05. The fourth-order valence-electron chi connectivity index (χ4n) is 2.04. The molecular formula is C13H12O7. The fraction of sp³-hybridized carbons (Fsp3) is 0.231. The number of ketones is 2. The van der Waals surface area contributed by atoms with E-state index in [9.17, 15) is 30.0 Å². The third kappa shape index (κ3) is 1.59. The summed E-state index contributed by atoms with van der Waals surface area (Å²) in [6.45, 7) is 3.18. The summed E-state index contributed by atoms with van der Waals surface area (Å²) in [7, 11) is 0. The lowest BCUT2D eigenvalue weighted by atomic mass is 9.88. The molecule has 1 aliphatic carbocycles. The summed E-state index contributed by atoms with van der Waals surface area (Å²) >= 11 is 0. The molecule has 1 aromatic rings. The second kappa shape index (κ2) is 4.44. The third-order valence-corrected chi connectivity index (χ3v) is 3.03. The maximum atomic E-state index is 11.8. The molecule has 0 radical (unpaired) electrons. The van der Waals surface area contributed by atoms with E-state index in [-0.39, 0.29) is 17.9 Å². The third-order valence-electron chi connectivity index (χ3n) is 3.03. The molecule has 7 heteroatoms. The van der Waals surface area contributed by atoms with Crippen LogP contribution in [0.5, 0.6) is 17.2 Å². The van der Waals surface area contributed by atoms with E-state index in [1.807, 2.05) is 0 Å². The molecule has 20 heavy (non-hydrogen) atoms. The number of aromatic hydroxyl groups is 2. The van der Waals surface area contributed by atoms with Crippen molar-refractivity contribution >= 4 is 17.3 Å². The molecule has 0 bridgehead atoms. The highest BCUT2D eigenvalue weighted by molar-refractivity contribution is 6.52. The number of hydrogen-bond donors (Lipinski definition) is 4. The van der Waals surface area contributed by atoms with Crippen molar-refractivity contribution in [3.8, 4) is 17.2 Å². The zero-order valence-electron chi connectivity index (χ0n) is 10.7. The molecule has 1 aliphatic rings. The number of aliphatic hydroxyl groups is 2. The Balaban J connectivity index is 2.92. The van der Waals surface area contributed by atoms with E-state index in [0.29, 0.717) is 0 Å². The van der Waals surface area contributed by atoms with Gasteiger partial charge in [-0.15, -0.1) is 0 Å². The van der Waals surface area contributed by atoms with Crippen LogP contribution in [0, 0.1) is 6.92 Å². The lowest BCUT2D eigenvalue weighted by Gasteiger charge is -2.21. The van der Waals surface area contributed by atoms with Gasteiger partial charge < -0.3 is 25.2 Å². The van der Waals surface area contributed by atoms with Crippen molar-refractivity contribution in [1.29, 1.82) is 0 Å². The first-order valence-corrected chi connectivity index (χ1v) is 5.75. The molecule has 106 valence electrons. The standard InChI is InChI=1S/C13H12O7/c1-3-20-13-4(2)7(14)5-6(10(13)17)9(16)12(19)11(18)8(5)15/h14,16-17,19H,3H2,1-2H3. The highest BCUT2D eigenvalue weighted by atomic mass is 16.5. The lowest BCUT2D eigenvalue weighted by molar-refractivity contribution is -0.114. The van der Waals surface area contributed by atoms with Crippen LogP contribution in [0.4, 0.5) is 0 Å². The minimum Gasteiger partial charge on any atom is -0.507 e. The van der Waals surface area contributed by atoms with Crippen molar-refractivity contribution in [1.82, 2.24) is 0 Å². The van der Waals surface area contributed by atoms with E-state index in [1.165, 1.54) is 6.92 Å². The average Bonchev–Trinajstić information content (AvgIpc) is 2.42. The number of rotatable bonds is 2. The van der Waals surface area contributed by atoms with Crippen molar-refractivity contribution in [2.45, 2.75) is 13.8 Å². The largest absolute Gasteiger partial charge is 0.507 e. The van der Waals surface area contributed by atoms with E-state index in [1.54, 1.807) is 6.92 Å². The number of fused-ring (bicyclic) bond motifs is 1. The van der Waals surface area contributed by atoms with Crippen LogP contribution in [0.2, 0.25) is 0 Å². The van der Waals surface area contributed by atoms with Gasteiger partial charge >= 0.3 is 0 Å². The van der Waals surface area contributed by atoms with Gasteiger partial charge in [-0.05, 0) is 13.8 Å². The van der Waals surface area contributed by atoms with E-state index >= 15 is 0 Å². The van der Waals surface area contributed by atoms with Crippen molar-refractivity contribution in [3.63, 3.8) is 0 Å². The van der Waals surface area contributed by atoms with Crippen molar-refractivity contribution in [2.75, 3.05) is 6.61 Å². The lowest BCUT2D eigenvalue weighted by Crippen LogP contribution is -2.24. The van der Waals surface area contributed by atoms with E-state index in [0.717, 1.165) is 0 Å². The highest BCUT2D eigenvalue weighted by Crippen LogP contribution is 2.47. The topological polar surface area (TPSA) is 124 Å². The number of aliphatic hydroxyl groups excluding tert-OH is 2. The molecule has 0 saturated carbocycles. The van der Waals surface area contributed by atoms with Crippen LogP contribution >= 0.6 is 0 Å². The Morgan fingerprint density at radius 1 is 0.900 bits per heavy atom. The summed E-state index contributed by atoms with van der Waals surface area (Å²) in [5.41, 5.74) is -1.01. The molecule has 4 N–H and O–H groups in total. The number of carbonyl (C=O) groups excluding carboxylic acids is 2. The molecular weight excluding hydrogens is 268 g/mol. The number of allylic oxidation sites excluding steroid dienone is 1. The summed E-state index contributed by atoms with van der Waals surface area (Å²) in [5, 5.41) is 39.2. The number of Topliss-reactive ketones (excluding diaryl/α,β-unsaturated/α-hetero) is 2. The van der Waals surface area contributed by atoms with Crippen LogP contribution in [-0.2, 0) is 4.79 Å². The predicted molar refractivity (Wildman–Crippen MR) is 67.2 cm³/mol. The molecule has 7 nitrogen and oxygen atoms in total. The Morgan fingerprint density at radius 2 is 1.50 bits per heavy atom. The number of benzene rings is 1. The molecule has 0 atom stereocenters. The first-order chi connectivity index (χ1) is 9.32. The zero-order chi connectivity index (χ0) is 15.2.